The van der Waals surface area contributed by atoms with E-state index in [1.165, 1.54) is 18.9 Å². The number of rotatable bonds is 2. The Hall–Kier alpha value is -0.410. The standard InChI is InChI=1S/C13H17BrFN/c1-13(2)7-4-8-16(13)9-10-5-3-6-11(15)12(10)14/h3,5-6H,4,7-9H2,1-2H3. The topological polar surface area (TPSA) is 3.24 Å². The molecule has 1 aromatic rings. The van der Waals surface area contributed by atoms with Crippen LogP contribution in [0.4, 0.5) is 4.39 Å². The van der Waals surface area contributed by atoms with E-state index >= 15 is 0 Å². The summed E-state index contributed by atoms with van der Waals surface area (Å²) in [6, 6.07) is 5.25. The number of nitrogens with zero attached hydrogens (tertiary/aromatic N) is 1. The van der Waals surface area contributed by atoms with Gasteiger partial charge in [0.05, 0.1) is 4.47 Å². The van der Waals surface area contributed by atoms with Gasteiger partial charge in [0.15, 0.2) is 0 Å². The predicted octanol–water partition coefficient (Wildman–Crippen LogP) is 3.96. The maximum Gasteiger partial charge on any atom is 0.137 e. The minimum Gasteiger partial charge on any atom is -0.294 e. The van der Waals surface area contributed by atoms with Gasteiger partial charge in [-0.1, -0.05) is 12.1 Å². The molecular weight excluding hydrogens is 269 g/mol. The molecule has 0 aliphatic carbocycles. The van der Waals surface area contributed by atoms with Gasteiger partial charge in [0, 0.05) is 12.1 Å². The van der Waals surface area contributed by atoms with E-state index in [0.29, 0.717) is 4.47 Å². The summed E-state index contributed by atoms with van der Waals surface area (Å²) >= 11 is 3.32. The molecule has 0 unspecified atom stereocenters. The van der Waals surface area contributed by atoms with E-state index in [2.05, 4.69) is 34.7 Å². The summed E-state index contributed by atoms with van der Waals surface area (Å²) in [4.78, 5) is 2.42. The van der Waals surface area contributed by atoms with Crippen molar-refractivity contribution in [3.63, 3.8) is 0 Å². The maximum atomic E-state index is 13.4. The van der Waals surface area contributed by atoms with Crippen molar-refractivity contribution in [2.75, 3.05) is 6.54 Å². The first-order valence-electron chi connectivity index (χ1n) is 5.69. The Morgan fingerprint density at radius 1 is 1.44 bits per heavy atom. The summed E-state index contributed by atoms with van der Waals surface area (Å²) in [6.07, 6.45) is 2.46. The molecule has 1 saturated heterocycles. The van der Waals surface area contributed by atoms with Crippen molar-refractivity contribution in [2.24, 2.45) is 0 Å². The normalized spacial score (nSPS) is 20.2. The first kappa shape index (κ1) is 12.1. The van der Waals surface area contributed by atoms with Crippen LogP contribution in [0.25, 0.3) is 0 Å². The molecule has 3 heteroatoms. The van der Waals surface area contributed by atoms with Crippen LogP contribution in [0.15, 0.2) is 22.7 Å². The van der Waals surface area contributed by atoms with Crippen molar-refractivity contribution >= 4 is 15.9 Å². The van der Waals surface area contributed by atoms with Gasteiger partial charge in [0.2, 0.25) is 0 Å². The predicted molar refractivity (Wildman–Crippen MR) is 67.8 cm³/mol. The zero-order valence-electron chi connectivity index (χ0n) is 9.76. The van der Waals surface area contributed by atoms with Crippen LogP contribution in [-0.4, -0.2) is 17.0 Å². The second-order valence-corrected chi connectivity index (χ2v) is 5.84. The molecule has 0 amide bonds. The molecule has 1 aliphatic rings. The molecule has 0 spiro atoms. The van der Waals surface area contributed by atoms with E-state index < -0.39 is 0 Å². The van der Waals surface area contributed by atoms with Crippen molar-refractivity contribution in [2.45, 2.75) is 38.8 Å². The average molecular weight is 286 g/mol. The van der Waals surface area contributed by atoms with Crippen LogP contribution >= 0.6 is 15.9 Å². The van der Waals surface area contributed by atoms with Crippen molar-refractivity contribution in [3.8, 4) is 0 Å². The fourth-order valence-corrected chi connectivity index (χ4v) is 2.72. The third-order valence-electron chi connectivity index (χ3n) is 3.47. The summed E-state index contributed by atoms with van der Waals surface area (Å²) in [5, 5.41) is 0. The van der Waals surface area contributed by atoms with E-state index in [-0.39, 0.29) is 11.4 Å². The van der Waals surface area contributed by atoms with E-state index in [1.54, 1.807) is 6.07 Å². The average Bonchev–Trinajstić information content (AvgIpc) is 2.54. The van der Waals surface area contributed by atoms with E-state index in [0.717, 1.165) is 18.7 Å². The summed E-state index contributed by atoms with van der Waals surface area (Å²) in [6.45, 7) is 6.45. The van der Waals surface area contributed by atoms with E-state index in [4.69, 9.17) is 0 Å². The first-order chi connectivity index (χ1) is 7.50. The van der Waals surface area contributed by atoms with Crippen LogP contribution in [0.2, 0.25) is 0 Å². The van der Waals surface area contributed by atoms with Gasteiger partial charge in [-0.15, -0.1) is 0 Å². The molecule has 0 saturated carbocycles. The zero-order chi connectivity index (χ0) is 11.8. The van der Waals surface area contributed by atoms with Crippen molar-refractivity contribution in [1.29, 1.82) is 0 Å². The Labute approximate surface area is 105 Å². The van der Waals surface area contributed by atoms with Crippen LogP contribution in [0, 0.1) is 5.82 Å². The maximum absolute atomic E-state index is 13.4. The molecule has 1 aliphatic heterocycles. The molecule has 2 rings (SSSR count). The quantitative estimate of drug-likeness (QED) is 0.795. The molecule has 0 aromatic heterocycles. The van der Waals surface area contributed by atoms with Gasteiger partial charge in [-0.05, 0) is 60.8 Å². The third-order valence-corrected chi connectivity index (χ3v) is 4.35. The lowest BCUT2D eigenvalue weighted by Crippen LogP contribution is -2.37. The fraction of sp³-hybridized carbons (Fsp3) is 0.538. The van der Waals surface area contributed by atoms with Gasteiger partial charge in [0.1, 0.15) is 5.82 Å². The van der Waals surface area contributed by atoms with Gasteiger partial charge in [0.25, 0.3) is 0 Å². The largest absolute Gasteiger partial charge is 0.294 e. The van der Waals surface area contributed by atoms with Crippen molar-refractivity contribution in [1.82, 2.24) is 4.90 Å². The highest BCUT2D eigenvalue weighted by molar-refractivity contribution is 9.10. The Balaban J connectivity index is 2.18. The molecular formula is C13H17BrFN. The highest BCUT2D eigenvalue weighted by Crippen LogP contribution is 2.31. The lowest BCUT2D eigenvalue weighted by atomic mass is 10.0. The number of benzene rings is 1. The van der Waals surface area contributed by atoms with Crippen molar-refractivity contribution < 1.29 is 4.39 Å². The molecule has 1 nitrogen and oxygen atoms in total. The zero-order valence-corrected chi connectivity index (χ0v) is 11.3. The number of halogens is 2. The van der Waals surface area contributed by atoms with Gasteiger partial charge < -0.3 is 0 Å². The molecule has 1 aromatic carbocycles. The van der Waals surface area contributed by atoms with E-state index in [9.17, 15) is 4.39 Å². The van der Waals surface area contributed by atoms with Crippen LogP contribution in [0.5, 0.6) is 0 Å². The second-order valence-electron chi connectivity index (χ2n) is 5.05. The molecule has 1 heterocycles. The second kappa shape index (κ2) is 4.46. The molecule has 0 N–H and O–H groups in total. The summed E-state index contributed by atoms with van der Waals surface area (Å²) in [7, 11) is 0. The van der Waals surface area contributed by atoms with Crippen LogP contribution < -0.4 is 0 Å². The lowest BCUT2D eigenvalue weighted by molar-refractivity contribution is 0.166. The fourth-order valence-electron chi connectivity index (χ4n) is 2.33. The van der Waals surface area contributed by atoms with Crippen LogP contribution in [0.1, 0.15) is 32.3 Å². The minimum atomic E-state index is -0.172. The molecule has 0 bridgehead atoms. The molecule has 0 atom stereocenters. The Kier molecular flexibility index (Phi) is 3.36. The lowest BCUT2D eigenvalue weighted by Gasteiger charge is -2.31. The summed E-state index contributed by atoms with van der Waals surface area (Å²) < 4.78 is 14.0. The Bertz CT molecular complexity index is 390. The van der Waals surface area contributed by atoms with Gasteiger partial charge in [-0.3, -0.25) is 4.90 Å². The van der Waals surface area contributed by atoms with Crippen LogP contribution in [0.3, 0.4) is 0 Å². The van der Waals surface area contributed by atoms with Gasteiger partial charge in [-0.25, -0.2) is 4.39 Å². The third kappa shape index (κ3) is 2.30. The summed E-state index contributed by atoms with van der Waals surface area (Å²) in [5.74, 6) is -0.172. The number of likely N-dealkylation sites (tertiary alicyclic amines) is 1. The van der Waals surface area contributed by atoms with Crippen LogP contribution in [-0.2, 0) is 6.54 Å². The van der Waals surface area contributed by atoms with Gasteiger partial charge in [-0.2, -0.15) is 0 Å². The molecule has 0 radical (unpaired) electrons. The molecule has 1 fully saturated rings. The van der Waals surface area contributed by atoms with E-state index in [1.807, 2.05) is 6.07 Å². The first-order valence-corrected chi connectivity index (χ1v) is 6.48. The SMILES string of the molecule is CC1(C)CCCN1Cc1cccc(F)c1Br. The highest BCUT2D eigenvalue weighted by Gasteiger charge is 2.31. The number of hydrogen-bond donors (Lipinski definition) is 0. The minimum absolute atomic E-state index is 0.172. The van der Waals surface area contributed by atoms with Gasteiger partial charge >= 0.3 is 0 Å². The number of hydrogen-bond acceptors (Lipinski definition) is 1. The summed E-state index contributed by atoms with van der Waals surface area (Å²) in [5.41, 5.74) is 1.28. The molecule has 16 heavy (non-hydrogen) atoms. The molecule has 88 valence electrons. The Morgan fingerprint density at radius 2 is 2.19 bits per heavy atom. The smallest absolute Gasteiger partial charge is 0.137 e. The Morgan fingerprint density at radius 3 is 2.81 bits per heavy atom. The monoisotopic (exact) mass is 285 g/mol. The van der Waals surface area contributed by atoms with Crippen molar-refractivity contribution in [3.05, 3.63) is 34.1 Å². The highest BCUT2D eigenvalue weighted by atomic mass is 79.9.